The highest BCUT2D eigenvalue weighted by Gasteiger charge is 2.32. The Bertz CT molecular complexity index is 1030. The van der Waals surface area contributed by atoms with Crippen molar-refractivity contribution in [3.05, 3.63) is 65.5 Å². The molecule has 8 heteroatoms. The summed E-state index contributed by atoms with van der Waals surface area (Å²) < 4.78 is 5.47. The van der Waals surface area contributed by atoms with E-state index in [-0.39, 0.29) is 6.03 Å². The van der Waals surface area contributed by atoms with Gasteiger partial charge in [0.05, 0.1) is 18.0 Å². The lowest BCUT2D eigenvalue weighted by molar-refractivity contribution is 0.262. The third-order valence-electron chi connectivity index (χ3n) is 4.79. The number of rotatable bonds is 6. The molecular weight excluding hydrogens is 410 g/mol. The summed E-state index contributed by atoms with van der Waals surface area (Å²) >= 11 is 5.35. The summed E-state index contributed by atoms with van der Waals surface area (Å²) in [6, 6.07) is 13.0. The van der Waals surface area contributed by atoms with Gasteiger partial charge in [-0.05, 0) is 69.2 Å². The molecule has 1 aliphatic heterocycles. The normalized spacial score (nSPS) is 17.2. The van der Waals surface area contributed by atoms with Gasteiger partial charge in [0.15, 0.2) is 5.66 Å². The first-order valence-corrected chi connectivity index (χ1v) is 10.4. The van der Waals surface area contributed by atoms with Crippen LogP contribution < -0.4 is 21.3 Å². The van der Waals surface area contributed by atoms with Crippen LogP contribution in [0.25, 0.3) is 0 Å². The standard InChI is InChI=1S/C23H27N5O2S/c1-5-30-21(31)23(4)24-14-13-19(28-23)25-17-11-6-7-12-18(17)26-22(29)27-20-15(2)9-8-10-16(20)3/h6-14,25,28H,5H2,1-4H3,(H2,26,27,29). The van der Waals surface area contributed by atoms with Crippen molar-refractivity contribution in [1.82, 2.24) is 5.32 Å². The lowest BCUT2D eigenvalue weighted by Gasteiger charge is -2.31. The Morgan fingerprint density at radius 2 is 1.77 bits per heavy atom. The van der Waals surface area contributed by atoms with Crippen LogP contribution in [0.3, 0.4) is 0 Å². The van der Waals surface area contributed by atoms with Gasteiger partial charge in [-0.1, -0.05) is 30.3 Å². The van der Waals surface area contributed by atoms with Gasteiger partial charge in [-0.2, -0.15) is 0 Å². The number of thiocarbonyl (C=S) groups is 1. The van der Waals surface area contributed by atoms with Gasteiger partial charge in [-0.15, -0.1) is 0 Å². The first-order valence-electron chi connectivity index (χ1n) is 10.0. The number of anilines is 3. The van der Waals surface area contributed by atoms with Gasteiger partial charge >= 0.3 is 6.03 Å². The summed E-state index contributed by atoms with van der Waals surface area (Å²) in [6.45, 7) is 8.12. The molecule has 7 nitrogen and oxygen atoms in total. The highest BCUT2D eigenvalue weighted by molar-refractivity contribution is 7.80. The van der Waals surface area contributed by atoms with E-state index < -0.39 is 5.66 Å². The van der Waals surface area contributed by atoms with Crippen LogP contribution in [0.15, 0.2) is 59.4 Å². The zero-order valence-corrected chi connectivity index (χ0v) is 18.9. The van der Waals surface area contributed by atoms with E-state index in [0.29, 0.717) is 23.2 Å². The number of aliphatic imine (C=N–C) groups is 1. The van der Waals surface area contributed by atoms with Crippen LogP contribution in [0.4, 0.5) is 21.9 Å². The third kappa shape index (κ3) is 5.40. The number of allylic oxidation sites excluding steroid dienone is 1. The second-order valence-electron chi connectivity index (χ2n) is 7.29. The average Bonchev–Trinajstić information content (AvgIpc) is 2.72. The number of aryl methyl sites for hydroxylation is 2. The Kier molecular flexibility index (Phi) is 6.91. The monoisotopic (exact) mass is 437 g/mol. The summed E-state index contributed by atoms with van der Waals surface area (Å²) in [4.78, 5) is 17.1. The Balaban J connectivity index is 1.72. The Hall–Kier alpha value is -3.39. The van der Waals surface area contributed by atoms with Gasteiger partial charge in [0.25, 0.3) is 0 Å². The molecule has 0 spiro atoms. The molecule has 162 valence electrons. The molecule has 2 aromatic rings. The molecule has 1 heterocycles. The Morgan fingerprint density at radius 1 is 1.10 bits per heavy atom. The second-order valence-corrected chi connectivity index (χ2v) is 7.66. The van der Waals surface area contributed by atoms with Crippen molar-refractivity contribution in [3.63, 3.8) is 0 Å². The fourth-order valence-electron chi connectivity index (χ4n) is 3.17. The third-order valence-corrected chi connectivity index (χ3v) is 5.30. The molecule has 2 amide bonds. The van der Waals surface area contributed by atoms with Crippen LogP contribution >= 0.6 is 12.2 Å². The largest absolute Gasteiger partial charge is 0.484 e. The van der Waals surface area contributed by atoms with Crippen molar-refractivity contribution < 1.29 is 9.53 Å². The van der Waals surface area contributed by atoms with Gasteiger partial charge in [-0.25, -0.2) is 4.79 Å². The molecule has 1 unspecified atom stereocenters. The maximum Gasteiger partial charge on any atom is 0.323 e. The van der Waals surface area contributed by atoms with Crippen molar-refractivity contribution in [3.8, 4) is 0 Å². The van der Waals surface area contributed by atoms with E-state index in [4.69, 9.17) is 17.0 Å². The topological polar surface area (TPSA) is 86.8 Å². The molecule has 0 aromatic heterocycles. The van der Waals surface area contributed by atoms with E-state index in [1.54, 1.807) is 12.3 Å². The van der Waals surface area contributed by atoms with E-state index in [1.165, 1.54) is 0 Å². The van der Waals surface area contributed by atoms with Gasteiger partial charge in [0.1, 0.15) is 5.82 Å². The Labute approximate surface area is 188 Å². The van der Waals surface area contributed by atoms with Crippen molar-refractivity contribution >= 4 is 46.6 Å². The van der Waals surface area contributed by atoms with Crippen LogP contribution in [0.5, 0.6) is 0 Å². The fraction of sp³-hybridized carbons (Fsp3) is 0.261. The minimum absolute atomic E-state index is 0.318. The quantitative estimate of drug-likeness (QED) is 0.480. The van der Waals surface area contributed by atoms with Gasteiger partial charge in [-0.3, -0.25) is 4.99 Å². The number of amides is 2. The van der Waals surface area contributed by atoms with E-state index in [9.17, 15) is 4.79 Å². The van der Waals surface area contributed by atoms with E-state index in [2.05, 4.69) is 26.3 Å². The molecule has 1 aliphatic rings. The molecule has 0 aliphatic carbocycles. The lowest BCUT2D eigenvalue weighted by Crippen LogP contribution is -2.50. The van der Waals surface area contributed by atoms with Crippen LogP contribution in [-0.4, -0.2) is 29.6 Å². The summed E-state index contributed by atoms with van der Waals surface area (Å²) in [5.41, 5.74) is 3.30. The highest BCUT2D eigenvalue weighted by Crippen LogP contribution is 2.25. The number of para-hydroxylation sites is 3. The van der Waals surface area contributed by atoms with Crippen molar-refractivity contribution in [1.29, 1.82) is 0 Å². The number of carbonyl (C=O) groups excluding carboxylic acids is 1. The van der Waals surface area contributed by atoms with E-state index in [1.807, 2.05) is 70.2 Å². The molecule has 4 N–H and O–H groups in total. The minimum atomic E-state index is -0.857. The molecule has 0 fully saturated rings. The number of nitrogens with one attached hydrogen (secondary N) is 4. The van der Waals surface area contributed by atoms with Crippen LogP contribution in [0, 0.1) is 13.8 Å². The number of ether oxygens (including phenoxy) is 1. The highest BCUT2D eigenvalue weighted by atomic mass is 32.1. The molecule has 2 aromatic carbocycles. The Morgan fingerprint density at radius 3 is 2.45 bits per heavy atom. The van der Waals surface area contributed by atoms with Crippen LogP contribution in [0.2, 0.25) is 0 Å². The van der Waals surface area contributed by atoms with E-state index in [0.717, 1.165) is 22.5 Å². The molecule has 0 bridgehead atoms. The zero-order chi connectivity index (χ0) is 22.4. The summed E-state index contributed by atoms with van der Waals surface area (Å²) in [5.74, 6) is 0.684. The molecule has 0 radical (unpaired) electrons. The summed E-state index contributed by atoms with van der Waals surface area (Å²) in [6.07, 6.45) is 3.47. The number of hydrogen-bond donors (Lipinski definition) is 4. The predicted octanol–water partition coefficient (Wildman–Crippen LogP) is 4.95. The number of nitrogens with zero attached hydrogens (tertiary/aromatic N) is 1. The van der Waals surface area contributed by atoms with Gasteiger partial charge < -0.3 is 26.0 Å². The predicted molar refractivity (Wildman–Crippen MR) is 131 cm³/mol. The van der Waals surface area contributed by atoms with E-state index >= 15 is 0 Å². The molecule has 3 rings (SSSR count). The molecule has 0 saturated carbocycles. The van der Waals surface area contributed by atoms with Crippen LogP contribution in [0.1, 0.15) is 25.0 Å². The number of hydrogen-bond acceptors (Lipinski definition) is 6. The zero-order valence-electron chi connectivity index (χ0n) is 18.1. The van der Waals surface area contributed by atoms with Crippen LogP contribution in [-0.2, 0) is 4.74 Å². The van der Waals surface area contributed by atoms with Crippen molar-refractivity contribution in [2.75, 3.05) is 22.6 Å². The summed E-state index contributed by atoms with van der Waals surface area (Å²) in [7, 11) is 0. The number of carbonyl (C=O) groups is 1. The lowest BCUT2D eigenvalue weighted by atomic mass is 10.1. The first-order chi connectivity index (χ1) is 14.8. The molecule has 0 saturated heterocycles. The van der Waals surface area contributed by atoms with Gasteiger partial charge in [0, 0.05) is 11.9 Å². The molecular formula is C23H27N5O2S. The number of benzene rings is 2. The maximum absolute atomic E-state index is 12.7. The number of urea groups is 1. The molecule has 1 atom stereocenters. The maximum atomic E-state index is 12.7. The average molecular weight is 438 g/mol. The van der Waals surface area contributed by atoms with Crippen molar-refractivity contribution in [2.24, 2.45) is 4.99 Å². The summed E-state index contributed by atoms with van der Waals surface area (Å²) in [5, 5.41) is 12.8. The van der Waals surface area contributed by atoms with Crippen molar-refractivity contribution in [2.45, 2.75) is 33.4 Å². The smallest absolute Gasteiger partial charge is 0.323 e. The van der Waals surface area contributed by atoms with Gasteiger partial charge in [0.2, 0.25) is 5.05 Å². The first kappa shape index (κ1) is 22.3. The minimum Gasteiger partial charge on any atom is -0.484 e. The SMILES string of the molecule is CCOC(=S)C1(C)N=CC=C(Nc2ccccc2NC(=O)Nc2c(C)cccc2C)N1. The second kappa shape index (κ2) is 9.61. The fourth-order valence-corrected chi connectivity index (χ4v) is 3.39. The molecule has 31 heavy (non-hydrogen) atoms.